The molecule has 0 aliphatic rings. The number of anilines is 1. The zero-order valence-electron chi connectivity index (χ0n) is 17.7. The number of thioether (sulfide) groups is 1. The van der Waals surface area contributed by atoms with E-state index in [4.69, 9.17) is 9.15 Å². The second-order valence-electron chi connectivity index (χ2n) is 7.07. The van der Waals surface area contributed by atoms with Gasteiger partial charge in [0.25, 0.3) is 0 Å². The lowest BCUT2D eigenvalue weighted by Crippen LogP contribution is -2.15. The van der Waals surface area contributed by atoms with Gasteiger partial charge in [0.05, 0.1) is 18.9 Å². The van der Waals surface area contributed by atoms with Gasteiger partial charge in [-0.15, -0.1) is 10.2 Å². The molecule has 2 heterocycles. The number of furan rings is 1. The fraction of sp³-hybridized carbons (Fsp3) is 0.217. The van der Waals surface area contributed by atoms with Crippen molar-refractivity contribution >= 4 is 34.3 Å². The molecule has 0 aliphatic carbocycles. The largest absolute Gasteiger partial charge is 0.443 e. The van der Waals surface area contributed by atoms with Crippen LogP contribution in [0.5, 0.6) is 0 Å². The Morgan fingerprint density at radius 2 is 2.09 bits per heavy atom. The van der Waals surface area contributed by atoms with Crippen molar-refractivity contribution in [1.29, 1.82) is 5.26 Å². The number of nitrogens with one attached hydrogen (secondary N) is 1. The summed E-state index contributed by atoms with van der Waals surface area (Å²) in [6.45, 7) is 3.07. The molecule has 1 amide bonds. The van der Waals surface area contributed by atoms with Crippen molar-refractivity contribution in [2.45, 2.75) is 18.6 Å². The number of fused-ring (bicyclic) bond motifs is 1. The summed E-state index contributed by atoms with van der Waals surface area (Å²) in [6, 6.07) is 17.2. The minimum atomic E-state index is -0.267. The van der Waals surface area contributed by atoms with Crippen LogP contribution >= 0.6 is 11.8 Å². The highest BCUT2D eigenvalue weighted by molar-refractivity contribution is 7.99. The molecule has 0 spiro atoms. The minimum absolute atomic E-state index is 0.0783. The van der Waals surface area contributed by atoms with Crippen LogP contribution in [0.15, 0.2) is 58.1 Å². The molecular formula is C23H21N5O3S. The van der Waals surface area contributed by atoms with Gasteiger partial charge < -0.3 is 14.5 Å². The van der Waals surface area contributed by atoms with E-state index in [2.05, 4.69) is 15.5 Å². The summed E-state index contributed by atoms with van der Waals surface area (Å²) in [5.74, 6) is 0.635. The lowest BCUT2D eigenvalue weighted by molar-refractivity contribution is -0.113. The van der Waals surface area contributed by atoms with Crippen LogP contribution in [0.3, 0.4) is 0 Å². The molecule has 4 aromatic rings. The first-order valence-corrected chi connectivity index (χ1v) is 10.9. The number of amides is 1. The predicted octanol–water partition coefficient (Wildman–Crippen LogP) is 4.25. The second-order valence-corrected chi connectivity index (χ2v) is 8.01. The SMILES string of the molecule is COCCn1c(SCC(=O)Nc2c(C#N)oc3ccccc23)nnc1-c1cccc(C)c1. The van der Waals surface area contributed by atoms with E-state index in [0.29, 0.717) is 35.0 Å². The van der Waals surface area contributed by atoms with Crippen LogP contribution < -0.4 is 5.32 Å². The van der Waals surface area contributed by atoms with Crippen molar-refractivity contribution in [3.63, 3.8) is 0 Å². The van der Waals surface area contributed by atoms with Crippen LogP contribution in [0.4, 0.5) is 5.69 Å². The summed E-state index contributed by atoms with van der Waals surface area (Å²) in [5, 5.41) is 22.1. The molecule has 0 fully saturated rings. The number of carbonyl (C=O) groups is 1. The van der Waals surface area contributed by atoms with E-state index in [1.165, 1.54) is 11.8 Å². The summed E-state index contributed by atoms with van der Waals surface area (Å²) in [5.41, 5.74) is 3.01. The zero-order valence-corrected chi connectivity index (χ0v) is 18.5. The zero-order chi connectivity index (χ0) is 22.5. The highest BCUT2D eigenvalue weighted by atomic mass is 32.2. The van der Waals surface area contributed by atoms with Crippen LogP contribution in [-0.2, 0) is 16.1 Å². The van der Waals surface area contributed by atoms with Crippen LogP contribution in [0.25, 0.3) is 22.4 Å². The summed E-state index contributed by atoms with van der Waals surface area (Å²) < 4.78 is 12.7. The van der Waals surface area contributed by atoms with Gasteiger partial charge in [-0.2, -0.15) is 5.26 Å². The monoisotopic (exact) mass is 447 g/mol. The second kappa shape index (κ2) is 9.68. The molecule has 32 heavy (non-hydrogen) atoms. The number of nitriles is 1. The van der Waals surface area contributed by atoms with E-state index >= 15 is 0 Å². The lowest BCUT2D eigenvalue weighted by Gasteiger charge is -2.10. The number of ether oxygens (including phenoxy) is 1. The number of nitrogens with zero attached hydrogens (tertiary/aromatic N) is 4. The number of methoxy groups -OCH3 is 1. The van der Waals surface area contributed by atoms with Crippen LogP contribution in [0, 0.1) is 18.3 Å². The molecule has 0 bridgehead atoms. The van der Waals surface area contributed by atoms with E-state index in [0.717, 1.165) is 17.0 Å². The normalized spacial score (nSPS) is 10.9. The molecule has 2 aromatic carbocycles. The lowest BCUT2D eigenvalue weighted by atomic mass is 10.1. The van der Waals surface area contributed by atoms with Crippen molar-refractivity contribution in [1.82, 2.24) is 14.8 Å². The van der Waals surface area contributed by atoms with Gasteiger partial charge in [-0.3, -0.25) is 9.36 Å². The van der Waals surface area contributed by atoms with E-state index < -0.39 is 0 Å². The van der Waals surface area contributed by atoms with Gasteiger partial charge in [-0.1, -0.05) is 47.7 Å². The summed E-state index contributed by atoms with van der Waals surface area (Å²) in [7, 11) is 1.64. The third-order valence-corrected chi connectivity index (χ3v) is 5.77. The van der Waals surface area contributed by atoms with E-state index in [1.807, 2.05) is 54.0 Å². The Morgan fingerprint density at radius 1 is 1.25 bits per heavy atom. The Bertz CT molecular complexity index is 1300. The molecule has 8 nitrogen and oxygen atoms in total. The van der Waals surface area contributed by atoms with Crippen molar-refractivity contribution in [3.8, 4) is 17.5 Å². The summed E-state index contributed by atoms with van der Waals surface area (Å²) in [6.07, 6.45) is 0. The van der Waals surface area contributed by atoms with Crippen molar-refractivity contribution in [2.75, 3.05) is 24.8 Å². The first kappa shape index (κ1) is 21.6. The molecule has 0 saturated carbocycles. The number of aryl methyl sites for hydroxylation is 1. The summed E-state index contributed by atoms with van der Waals surface area (Å²) >= 11 is 1.27. The van der Waals surface area contributed by atoms with Crippen LogP contribution in [0.2, 0.25) is 0 Å². The molecule has 9 heteroatoms. The maximum absolute atomic E-state index is 12.7. The maximum atomic E-state index is 12.7. The van der Waals surface area contributed by atoms with Gasteiger partial charge in [-0.05, 0) is 25.1 Å². The quantitative estimate of drug-likeness (QED) is 0.403. The molecule has 0 saturated heterocycles. The maximum Gasteiger partial charge on any atom is 0.234 e. The van der Waals surface area contributed by atoms with E-state index in [9.17, 15) is 10.1 Å². The smallest absolute Gasteiger partial charge is 0.234 e. The number of rotatable bonds is 8. The Hall–Kier alpha value is -3.61. The summed E-state index contributed by atoms with van der Waals surface area (Å²) in [4.78, 5) is 12.7. The third-order valence-electron chi connectivity index (χ3n) is 4.81. The van der Waals surface area contributed by atoms with Crippen molar-refractivity contribution in [3.05, 3.63) is 59.9 Å². The molecule has 2 aromatic heterocycles. The van der Waals surface area contributed by atoms with Gasteiger partial charge in [0.2, 0.25) is 11.7 Å². The fourth-order valence-electron chi connectivity index (χ4n) is 3.33. The standard InChI is InChI=1S/C23H21N5O3S/c1-15-6-5-7-16(12-15)22-26-27-23(28(22)10-11-30-2)32-14-20(29)25-21-17-8-3-4-9-18(17)31-19(21)13-24/h3-9,12H,10-11,14H2,1-2H3,(H,25,29). The highest BCUT2D eigenvalue weighted by Crippen LogP contribution is 2.31. The van der Waals surface area contributed by atoms with Gasteiger partial charge in [0.1, 0.15) is 17.3 Å². The number of para-hydroxylation sites is 1. The highest BCUT2D eigenvalue weighted by Gasteiger charge is 2.19. The van der Waals surface area contributed by atoms with Crippen LogP contribution in [0.1, 0.15) is 11.3 Å². The van der Waals surface area contributed by atoms with E-state index in [-0.39, 0.29) is 17.4 Å². The van der Waals surface area contributed by atoms with E-state index in [1.54, 1.807) is 19.2 Å². The molecular weight excluding hydrogens is 426 g/mol. The topological polar surface area (TPSA) is 106 Å². The van der Waals surface area contributed by atoms with Gasteiger partial charge in [0.15, 0.2) is 11.0 Å². The number of benzene rings is 2. The number of hydrogen-bond acceptors (Lipinski definition) is 7. The fourth-order valence-corrected chi connectivity index (χ4v) is 4.10. The Balaban J connectivity index is 1.53. The van der Waals surface area contributed by atoms with Crippen molar-refractivity contribution in [2.24, 2.45) is 0 Å². The molecule has 0 atom stereocenters. The number of hydrogen-bond donors (Lipinski definition) is 1. The molecule has 0 aliphatic heterocycles. The van der Waals surface area contributed by atoms with Crippen molar-refractivity contribution < 1.29 is 13.9 Å². The predicted molar refractivity (Wildman–Crippen MR) is 122 cm³/mol. The third kappa shape index (κ3) is 4.51. The Kier molecular flexibility index (Phi) is 6.54. The number of carbonyl (C=O) groups excluding carboxylic acids is 1. The molecule has 0 unspecified atom stereocenters. The first-order chi connectivity index (χ1) is 15.6. The Labute approximate surface area is 189 Å². The molecule has 1 N–H and O–H groups in total. The van der Waals surface area contributed by atoms with Crippen LogP contribution in [-0.4, -0.2) is 40.1 Å². The minimum Gasteiger partial charge on any atom is -0.443 e. The average Bonchev–Trinajstić information content (AvgIpc) is 3.37. The molecule has 4 rings (SSSR count). The number of aromatic nitrogens is 3. The molecule has 162 valence electrons. The average molecular weight is 448 g/mol. The van der Waals surface area contributed by atoms with Gasteiger partial charge >= 0.3 is 0 Å². The Morgan fingerprint density at radius 3 is 2.88 bits per heavy atom. The first-order valence-electron chi connectivity index (χ1n) is 9.94. The van der Waals surface area contributed by atoms with Gasteiger partial charge in [-0.25, -0.2) is 0 Å². The molecule has 0 radical (unpaired) electrons. The van der Waals surface area contributed by atoms with Gasteiger partial charge in [0, 0.05) is 18.1 Å².